The molecule has 0 aliphatic carbocycles. The number of urea groups is 1. The molecule has 0 spiro atoms. The number of nitrogens with one attached hydrogen (secondary N) is 2. The Bertz CT molecular complexity index is 852. The highest BCUT2D eigenvalue weighted by atomic mass is 16.6. The molecule has 1 saturated heterocycles. The summed E-state index contributed by atoms with van der Waals surface area (Å²) in [4.78, 5) is 49.2. The molecule has 0 saturated carbocycles. The lowest BCUT2D eigenvalue weighted by molar-refractivity contribution is -0.153. The lowest BCUT2D eigenvalue weighted by Crippen LogP contribution is -2.40. The molecule has 2 aliphatic rings. The van der Waals surface area contributed by atoms with Crippen molar-refractivity contribution in [2.24, 2.45) is 0 Å². The van der Waals surface area contributed by atoms with Crippen molar-refractivity contribution in [2.45, 2.75) is 38.8 Å². The molecular formula is C19H23N3O7. The molecule has 2 heterocycles. The molecule has 10 nitrogen and oxygen atoms in total. The van der Waals surface area contributed by atoms with Gasteiger partial charge >= 0.3 is 12.0 Å². The van der Waals surface area contributed by atoms with Crippen molar-refractivity contribution in [3.8, 4) is 11.5 Å². The summed E-state index contributed by atoms with van der Waals surface area (Å²) in [5, 5.41) is 5.17. The summed E-state index contributed by atoms with van der Waals surface area (Å²) in [6.45, 7) is 5.36. The number of carbonyl (C=O) groups excluding carboxylic acids is 4. The summed E-state index contributed by atoms with van der Waals surface area (Å²) >= 11 is 0. The van der Waals surface area contributed by atoms with Gasteiger partial charge in [0, 0.05) is 18.3 Å². The third kappa shape index (κ3) is 4.58. The first-order valence-electron chi connectivity index (χ1n) is 9.21. The number of amides is 4. The normalized spacial score (nSPS) is 18.1. The van der Waals surface area contributed by atoms with Crippen molar-refractivity contribution in [3.05, 3.63) is 18.2 Å². The van der Waals surface area contributed by atoms with Crippen molar-refractivity contribution in [3.63, 3.8) is 0 Å². The Hall–Kier alpha value is -3.30. The molecule has 29 heavy (non-hydrogen) atoms. The van der Waals surface area contributed by atoms with Crippen LogP contribution in [0.3, 0.4) is 0 Å². The number of hydrogen-bond donors (Lipinski definition) is 2. The van der Waals surface area contributed by atoms with Crippen molar-refractivity contribution in [1.29, 1.82) is 0 Å². The lowest BCUT2D eigenvalue weighted by atomic mass is 10.1. The first-order chi connectivity index (χ1) is 13.7. The molecule has 10 heteroatoms. The Kier molecular flexibility index (Phi) is 5.62. The summed E-state index contributed by atoms with van der Waals surface area (Å²) in [5.41, 5.74) is -0.527. The number of ether oxygens (including phenoxy) is 3. The smallest absolute Gasteiger partial charge is 0.325 e. The van der Waals surface area contributed by atoms with E-state index in [1.165, 1.54) is 6.92 Å². The fraction of sp³-hybridized carbons (Fsp3) is 0.474. The summed E-state index contributed by atoms with van der Waals surface area (Å²) in [6.07, 6.45) is -1.27. The molecule has 1 fully saturated rings. The van der Waals surface area contributed by atoms with E-state index in [9.17, 15) is 19.2 Å². The van der Waals surface area contributed by atoms with Gasteiger partial charge in [-0.3, -0.25) is 19.3 Å². The zero-order chi connectivity index (χ0) is 21.2. The van der Waals surface area contributed by atoms with Gasteiger partial charge in [0.1, 0.15) is 18.8 Å². The third-order valence-corrected chi connectivity index (χ3v) is 4.47. The minimum atomic E-state index is -1.06. The van der Waals surface area contributed by atoms with Crippen molar-refractivity contribution < 1.29 is 33.4 Å². The predicted molar refractivity (Wildman–Crippen MR) is 101 cm³/mol. The van der Waals surface area contributed by atoms with Gasteiger partial charge in [-0.1, -0.05) is 0 Å². The quantitative estimate of drug-likeness (QED) is 0.536. The zero-order valence-electron chi connectivity index (χ0n) is 16.4. The van der Waals surface area contributed by atoms with E-state index in [0.717, 1.165) is 4.90 Å². The minimum absolute atomic E-state index is 0.122. The number of imide groups is 1. The molecule has 156 valence electrons. The molecule has 4 amide bonds. The van der Waals surface area contributed by atoms with E-state index in [-0.39, 0.29) is 13.0 Å². The fourth-order valence-electron chi connectivity index (χ4n) is 2.90. The molecule has 1 aromatic carbocycles. The average molecular weight is 405 g/mol. The second-order valence-electron chi connectivity index (χ2n) is 7.24. The van der Waals surface area contributed by atoms with Crippen LogP contribution < -0.4 is 20.1 Å². The number of rotatable bonds is 6. The topological polar surface area (TPSA) is 123 Å². The van der Waals surface area contributed by atoms with Gasteiger partial charge in [0.2, 0.25) is 0 Å². The van der Waals surface area contributed by atoms with E-state index in [1.54, 1.807) is 32.0 Å². The third-order valence-electron chi connectivity index (χ3n) is 4.47. The Morgan fingerprint density at radius 1 is 1.24 bits per heavy atom. The van der Waals surface area contributed by atoms with Gasteiger partial charge in [-0.25, -0.2) is 4.79 Å². The first-order valence-corrected chi connectivity index (χ1v) is 9.21. The van der Waals surface area contributed by atoms with E-state index in [1.807, 2.05) is 0 Å². The number of benzene rings is 1. The van der Waals surface area contributed by atoms with Crippen LogP contribution in [-0.4, -0.2) is 60.1 Å². The van der Waals surface area contributed by atoms with E-state index in [2.05, 4.69) is 10.6 Å². The van der Waals surface area contributed by atoms with Crippen LogP contribution >= 0.6 is 0 Å². The van der Waals surface area contributed by atoms with Gasteiger partial charge in [-0.15, -0.1) is 0 Å². The maximum Gasteiger partial charge on any atom is 0.325 e. The van der Waals surface area contributed by atoms with E-state index >= 15 is 0 Å². The standard InChI is InChI=1S/C19H23N3O7/c1-11(16(24)20-12-4-5-13-14(10-12)28-9-8-27-13)29-15(23)6-7-22-17(25)19(2,3)21-18(22)26/h4-5,10-11H,6-9H2,1-3H3,(H,20,24)(H,21,26). The molecule has 2 aliphatic heterocycles. The molecule has 1 unspecified atom stereocenters. The fourth-order valence-corrected chi connectivity index (χ4v) is 2.90. The van der Waals surface area contributed by atoms with E-state index < -0.39 is 35.5 Å². The highest BCUT2D eigenvalue weighted by Gasteiger charge is 2.44. The van der Waals surface area contributed by atoms with Crippen LogP contribution in [0.15, 0.2) is 18.2 Å². The van der Waals surface area contributed by atoms with Crippen LogP contribution in [0.2, 0.25) is 0 Å². The maximum absolute atomic E-state index is 12.3. The molecule has 0 bridgehead atoms. The SMILES string of the molecule is CC(OC(=O)CCN1C(=O)NC(C)(C)C1=O)C(=O)Nc1ccc2c(c1)OCCO2. The Labute approximate surface area is 167 Å². The van der Waals surface area contributed by atoms with Gasteiger partial charge in [0.25, 0.3) is 11.8 Å². The van der Waals surface area contributed by atoms with Crippen LogP contribution in [0.1, 0.15) is 27.2 Å². The monoisotopic (exact) mass is 405 g/mol. The van der Waals surface area contributed by atoms with Crippen LogP contribution in [0.4, 0.5) is 10.5 Å². The highest BCUT2D eigenvalue weighted by molar-refractivity contribution is 6.06. The van der Waals surface area contributed by atoms with Crippen LogP contribution in [0, 0.1) is 0 Å². The molecular weight excluding hydrogens is 382 g/mol. The van der Waals surface area contributed by atoms with E-state index in [4.69, 9.17) is 14.2 Å². The zero-order valence-corrected chi connectivity index (χ0v) is 16.4. The van der Waals surface area contributed by atoms with Crippen molar-refractivity contribution in [1.82, 2.24) is 10.2 Å². The van der Waals surface area contributed by atoms with E-state index in [0.29, 0.717) is 30.4 Å². The minimum Gasteiger partial charge on any atom is -0.486 e. The Balaban J connectivity index is 1.49. The summed E-state index contributed by atoms with van der Waals surface area (Å²) in [5.74, 6) is -0.515. The number of esters is 1. The van der Waals surface area contributed by atoms with Gasteiger partial charge in [-0.05, 0) is 32.9 Å². The maximum atomic E-state index is 12.3. The van der Waals surface area contributed by atoms with Crippen LogP contribution in [0.5, 0.6) is 11.5 Å². The highest BCUT2D eigenvalue weighted by Crippen LogP contribution is 2.32. The van der Waals surface area contributed by atoms with Gasteiger partial charge in [0.15, 0.2) is 17.6 Å². The second kappa shape index (κ2) is 7.98. The number of hydrogen-bond acceptors (Lipinski definition) is 7. The Morgan fingerprint density at radius 2 is 1.93 bits per heavy atom. The molecule has 1 aromatic rings. The van der Waals surface area contributed by atoms with Gasteiger partial charge < -0.3 is 24.8 Å². The van der Waals surface area contributed by atoms with Crippen molar-refractivity contribution in [2.75, 3.05) is 25.1 Å². The molecule has 3 rings (SSSR count). The largest absolute Gasteiger partial charge is 0.486 e. The molecule has 0 radical (unpaired) electrons. The second-order valence-corrected chi connectivity index (χ2v) is 7.24. The summed E-state index contributed by atoms with van der Waals surface area (Å²) in [6, 6.07) is 4.40. The average Bonchev–Trinajstić information content (AvgIpc) is 2.86. The lowest BCUT2D eigenvalue weighted by Gasteiger charge is -2.19. The summed E-state index contributed by atoms with van der Waals surface area (Å²) in [7, 11) is 0. The van der Waals surface area contributed by atoms with Crippen LogP contribution in [0.25, 0.3) is 0 Å². The number of anilines is 1. The molecule has 2 N–H and O–H groups in total. The van der Waals surface area contributed by atoms with Gasteiger partial charge in [-0.2, -0.15) is 0 Å². The summed E-state index contributed by atoms with van der Waals surface area (Å²) < 4.78 is 16.0. The molecule has 1 atom stereocenters. The number of nitrogens with zero attached hydrogens (tertiary/aromatic N) is 1. The predicted octanol–water partition coefficient (Wildman–Crippen LogP) is 1.05. The molecule has 0 aromatic heterocycles. The van der Waals surface area contributed by atoms with Crippen molar-refractivity contribution >= 4 is 29.5 Å². The van der Waals surface area contributed by atoms with Crippen LogP contribution in [-0.2, 0) is 19.1 Å². The number of fused-ring (bicyclic) bond motifs is 1. The van der Waals surface area contributed by atoms with Gasteiger partial charge in [0.05, 0.1) is 6.42 Å². The number of carbonyl (C=O) groups is 4. The Morgan fingerprint density at radius 3 is 2.59 bits per heavy atom. The first kappa shape index (κ1) is 20.4.